The lowest BCUT2D eigenvalue weighted by Gasteiger charge is -2.25. The van der Waals surface area contributed by atoms with Gasteiger partial charge in [-0.15, -0.1) is 0 Å². The van der Waals surface area contributed by atoms with Gasteiger partial charge in [-0.2, -0.15) is 0 Å². The Balaban J connectivity index is 1.73. The minimum absolute atomic E-state index is 0.181. The van der Waals surface area contributed by atoms with Crippen LogP contribution in [0.1, 0.15) is 6.42 Å². The molecule has 0 N–H and O–H groups in total. The molecule has 1 fully saturated rings. The highest BCUT2D eigenvalue weighted by Crippen LogP contribution is 2.10. The van der Waals surface area contributed by atoms with E-state index in [-0.39, 0.29) is 23.9 Å². The quantitative estimate of drug-likeness (QED) is 0.601. The van der Waals surface area contributed by atoms with Crippen LogP contribution in [0.3, 0.4) is 0 Å². The molecule has 5 nitrogen and oxygen atoms in total. The minimum Gasteiger partial charge on any atom is -0.426 e. The van der Waals surface area contributed by atoms with Crippen LogP contribution in [0.25, 0.3) is 0 Å². The Hall–Kier alpha value is -1.40. The first-order valence-corrected chi connectivity index (χ1v) is 8.06. The second kappa shape index (κ2) is 6.16. The minimum atomic E-state index is -2.86. The maximum atomic E-state index is 11.6. The van der Waals surface area contributed by atoms with Crippen molar-refractivity contribution in [1.29, 1.82) is 0 Å². The van der Waals surface area contributed by atoms with Crippen LogP contribution < -0.4 is 4.74 Å². The van der Waals surface area contributed by atoms with Gasteiger partial charge in [-0.05, 0) is 12.1 Å². The number of esters is 1. The smallest absolute Gasteiger partial charge is 0.312 e. The van der Waals surface area contributed by atoms with Gasteiger partial charge in [0.15, 0.2) is 9.84 Å². The summed E-state index contributed by atoms with van der Waals surface area (Å²) in [5.41, 5.74) is 0. The van der Waals surface area contributed by atoms with E-state index in [0.29, 0.717) is 25.4 Å². The molecular weight excluding hydrogens is 266 g/mol. The Morgan fingerprint density at radius 3 is 2.42 bits per heavy atom. The zero-order valence-electron chi connectivity index (χ0n) is 10.6. The van der Waals surface area contributed by atoms with Crippen LogP contribution in [-0.2, 0) is 14.6 Å². The molecule has 0 radical (unpaired) electrons. The zero-order chi connectivity index (χ0) is 13.7. The maximum Gasteiger partial charge on any atom is 0.312 e. The van der Waals surface area contributed by atoms with Gasteiger partial charge in [-0.25, -0.2) is 8.42 Å². The average Bonchev–Trinajstić information content (AvgIpc) is 2.39. The number of carbonyl (C=O) groups is 1. The molecule has 104 valence electrons. The summed E-state index contributed by atoms with van der Waals surface area (Å²) in [6.45, 7) is 1.54. The SMILES string of the molecule is O=C(CCN1CCS(=O)(=O)CC1)Oc1ccccc1. The number of ether oxygens (including phenoxy) is 1. The molecule has 0 unspecified atom stereocenters. The molecule has 1 aromatic carbocycles. The van der Waals surface area contributed by atoms with Crippen molar-refractivity contribution in [2.45, 2.75) is 6.42 Å². The third kappa shape index (κ3) is 4.65. The zero-order valence-corrected chi connectivity index (χ0v) is 11.4. The molecular formula is C13H17NO4S. The van der Waals surface area contributed by atoms with Crippen molar-refractivity contribution in [3.8, 4) is 5.75 Å². The third-order valence-corrected chi connectivity index (χ3v) is 4.65. The molecule has 19 heavy (non-hydrogen) atoms. The Morgan fingerprint density at radius 2 is 1.79 bits per heavy atom. The van der Waals surface area contributed by atoms with Gasteiger partial charge in [0.25, 0.3) is 0 Å². The van der Waals surface area contributed by atoms with Crippen LogP contribution in [0.2, 0.25) is 0 Å². The highest BCUT2D eigenvalue weighted by Gasteiger charge is 2.21. The van der Waals surface area contributed by atoms with Crippen LogP contribution in [0.15, 0.2) is 30.3 Å². The Labute approximate surface area is 113 Å². The highest BCUT2D eigenvalue weighted by atomic mass is 32.2. The number of carbonyl (C=O) groups excluding carboxylic acids is 1. The summed E-state index contributed by atoms with van der Waals surface area (Å²) >= 11 is 0. The molecule has 2 rings (SSSR count). The fraction of sp³-hybridized carbons (Fsp3) is 0.462. The monoisotopic (exact) mass is 283 g/mol. The number of para-hydroxylation sites is 1. The topological polar surface area (TPSA) is 63.7 Å². The van der Waals surface area contributed by atoms with Crippen molar-refractivity contribution in [2.24, 2.45) is 0 Å². The molecule has 1 saturated heterocycles. The van der Waals surface area contributed by atoms with Gasteiger partial charge in [-0.3, -0.25) is 4.79 Å². The number of nitrogens with zero attached hydrogens (tertiary/aromatic N) is 1. The Kier molecular flexibility index (Phi) is 4.55. The van der Waals surface area contributed by atoms with Crippen molar-refractivity contribution in [1.82, 2.24) is 4.90 Å². The van der Waals surface area contributed by atoms with Gasteiger partial charge in [0.2, 0.25) is 0 Å². The van der Waals surface area contributed by atoms with E-state index in [1.807, 2.05) is 11.0 Å². The van der Waals surface area contributed by atoms with Gasteiger partial charge < -0.3 is 9.64 Å². The summed E-state index contributed by atoms with van der Waals surface area (Å²) < 4.78 is 27.7. The predicted molar refractivity (Wildman–Crippen MR) is 71.8 cm³/mol. The lowest BCUT2D eigenvalue weighted by atomic mass is 10.3. The molecule has 0 bridgehead atoms. The molecule has 6 heteroatoms. The molecule has 1 aromatic rings. The van der Waals surface area contributed by atoms with E-state index in [1.165, 1.54) is 0 Å². The predicted octanol–water partition coefficient (Wildman–Crippen LogP) is 0.712. The van der Waals surface area contributed by atoms with E-state index in [9.17, 15) is 13.2 Å². The van der Waals surface area contributed by atoms with E-state index < -0.39 is 9.84 Å². The normalized spacial score (nSPS) is 18.9. The van der Waals surface area contributed by atoms with E-state index in [2.05, 4.69) is 0 Å². The summed E-state index contributed by atoms with van der Waals surface area (Å²) in [5.74, 6) is 0.606. The summed E-state index contributed by atoms with van der Waals surface area (Å²) in [6, 6.07) is 8.92. The van der Waals surface area contributed by atoms with Gasteiger partial charge in [0.05, 0.1) is 17.9 Å². The lowest BCUT2D eigenvalue weighted by Crippen LogP contribution is -2.41. The number of hydrogen-bond acceptors (Lipinski definition) is 5. The first-order chi connectivity index (χ1) is 9.05. The average molecular weight is 283 g/mol. The number of sulfone groups is 1. The lowest BCUT2D eigenvalue weighted by molar-refractivity contribution is -0.134. The number of hydrogen-bond donors (Lipinski definition) is 0. The van der Waals surface area contributed by atoms with Gasteiger partial charge in [0, 0.05) is 19.6 Å². The molecule has 1 aliphatic rings. The largest absolute Gasteiger partial charge is 0.426 e. The summed E-state index contributed by atoms with van der Waals surface area (Å²) in [6.07, 6.45) is 0.273. The summed E-state index contributed by atoms with van der Waals surface area (Å²) in [7, 11) is -2.86. The van der Waals surface area contributed by atoms with Gasteiger partial charge >= 0.3 is 5.97 Å². The molecule has 0 amide bonds. The number of benzene rings is 1. The van der Waals surface area contributed by atoms with E-state index in [4.69, 9.17) is 4.74 Å². The fourth-order valence-electron chi connectivity index (χ4n) is 1.89. The summed E-state index contributed by atoms with van der Waals surface area (Å²) in [5, 5.41) is 0. The number of rotatable bonds is 4. The third-order valence-electron chi connectivity index (χ3n) is 3.04. The van der Waals surface area contributed by atoms with Crippen molar-refractivity contribution in [2.75, 3.05) is 31.1 Å². The molecule has 0 aromatic heterocycles. The molecule has 0 atom stereocenters. The van der Waals surface area contributed by atoms with E-state index >= 15 is 0 Å². The van der Waals surface area contributed by atoms with Crippen molar-refractivity contribution < 1.29 is 17.9 Å². The van der Waals surface area contributed by atoms with Crippen molar-refractivity contribution in [3.63, 3.8) is 0 Å². The molecule has 1 heterocycles. The second-order valence-electron chi connectivity index (χ2n) is 4.53. The molecule has 1 aliphatic heterocycles. The first kappa shape index (κ1) is 14.0. The maximum absolute atomic E-state index is 11.6. The molecule has 0 spiro atoms. The Morgan fingerprint density at radius 1 is 1.16 bits per heavy atom. The van der Waals surface area contributed by atoms with Crippen LogP contribution in [0.4, 0.5) is 0 Å². The van der Waals surface area contributed by atoms with Crippen molar-refractivity contribution in [3.05, 3.63) is 30.3 Å². The molecule has 0 aliphatic carbocycles. The molecule has 0 saturated carbocycles. The highest BCUT2D eigenvalue weighted by molar-refractivity contribution is 7.91. The second-order valence-corrected chi connectivity index (χ2v) is 6.83. The van der Waals surface area contributed by atoms with E-state index in [1.54, 1.807) is 24.3 Å². The van der Waals surface area contributed by atoms with Crippen LogP contribution in [0.5, 0.6) is 5.75 Å². The van der Waals surface area contributed by atoms with Gasteiger partial charge in [-0.1, -0.05) is 18.2 Å². The van der Waals surface area contributed by atoms with Crippen LogP contribution in [-0.4, -0.2) is 50.4 Å². The summed E-state index contributed by atoms with van der Waals surface area (Å²) in [4.78, 5) is 13.6. The van der Waals surface area contributed by atoms with Crippen molar-refractivity contribution >= 4 is 15.8 Å². The Bertz CT molecular complexity index is 513. The van der Waals surface area contributed by atoms with E-state index in [0.717, 1.165) is 0 Å². The standard InChI is InChI=1S/C13H17NO4S/c15-13(18-12-4-2-1-3-5-12)6-7-14-8-10-19(16,17)11-9-14/h1-5H,6-11H2. The van der Waals surface area contributed by atoms with Crippen LogP contribution >= 0.6 is 0 Å². The van der Waals surface area contributed by atoms with Gasteiger partial charge in [0.1, 0.15) is 5.75 Å². The fourth-order valence-corrected chi connectivity index (χ4v) is 3.17. The first-order valence-electron chi connectivity index (χ1n) is 6.24. The van der Waals surface area contributed by atoms with Crippen LogP contribution in [0, 0.1) is 0 Å².